The molecule has 134 valence electrons. The van der Waals surface area contributed by atoms with Crippen molar-refractivity contribution in [1.82, 2.24) is 14.5 Å². The van der Waals surface area contributed by atoms with Crippen molar-refractivity contribution >= 4 is 0 Å². The first-order valence-electron chi connectivity index (χ1n) is 9.17. The van der Waals surface area contributed by atoms with E-state index in [2.05, 4.69) is 26.6 Å². The lowest BCUT2D eigenvalue weighted by Gasteiger charge is -2.36. The van der Waals surface area contributed by atoms with E-state index < -0.39 is 0 Å². The van der Waals surface area contributed by atoms with Crippen LogP contribution in [0.2, 0.25) is 0 Å². The summed E-state index contributed by atoms with van der Waals surface area (Å²) in [4.78, 5) is 6.86. The molecular formula is C20H27N3O2. The maximum atomic E-state index is 10.7. The molecule has 0 radical (unpaired) electrons. The van der Waals surface area contributed by atoms with Gasteiger partial charge in [-0.1, -0.05) is 12.1 Å². The molecule has 2 fully saturated rings. The molecule has 2 heterocycles. The van der Waals surface area contributed by atoms with E-state index in [1.807, 2.05) is 31.5 Å². The molecule has 2 aliphatic rings. The number of aliphatic hydroxyl groups excluding tert-OH is 1. The monoisotopic (exact) mass is 341 g/mol. The average molecular weight is 341 g/mol. The number of rotatable bonds is 4. The molecule has 0 spiro atoms. The summed E-state index contributed by atoms with van der Waals surface area (Å²) in [5, 5.41) is 10.7. The number of benzene rings is 1. The second kappa shape index (κ2) is 6.81. The van der Waals surface area contributed by atoms with Gasteiger partial charge >= 0.3 is 0 Å². The van der Waals surface area contributed by atoms with E-state index >= 15 is 0 Å². The van der Waals surface area contributed by atoms with Gasteiger partial charge in [0.05, 0.1) is 19.3 Å². The van der Waals surface area contributed by atoms with Crippen LogP contribution in [0.4, 0.5) is 0 Å². The van der Waals surface area contributed by atoms with Crippen molar-refractivity contribution in [3.63, 3.8) is 0 Å². The van der Waals surface area contributed by atoms with Gasteiger partial charge in [0.15, 0.2) is 0 Å². The molecule has 25 heavy (non-hydrogen) atoms. The van der Waals surface area contributed by atoms with Crippen molar-refractivity contribution in [3.8, 4) is 5.75 Å². The van der Waals surface area contributed by atoms with E-state index in [1.54, 1.807) is 7.11 Å². The zero-order valence-electron chi connectivity index (χ0n) is 15.0. The Hall–Kier alpha value is -1.85. The summed E-state index contributed by atoms with van der Waals surface area (Å²) < 4.78 is 7.40. The van der Waals surface area contributed by atoms with E-state index in [9.17, 15) is 5.11 Å². The minimum Gasteiger partial charge on any atom is -0.497 e. The van der Waals surface area contributed by atoms with Gasteiger partial charge in [0.25, 0.3) is 0 Å². The highest BCUT2D eigenvalue weighted by Gasteiger charge is 2.42. The first-order valence-corrected chi connectivity index (χ1v) is 9.17. The Kier molecular flexibility index (Phi) is 4.52. The Bertz CT molecular complexity index is 712. The number of aryl methyl sites for hydroxylation is 1. The molecular weight excluding hydrogens is 314 g/mol. The van der Waals surface area contributed by atoms with Crippen LogP contribution in [0.3, 0.4) is 0 Å². The van der Waals surface area contributed by atoms with Crippen LogP contribution < -0.4 is 4.74 Å². The highest BCUT2D eigenvalue weighted by molar-refractivity contribution is 5.27. The fourth-order valence-electron chi connectivity index (χ4n) is 4.66. The molecule has 1 aliphatic heterocycles. The number of hydrogen-bond acceptors (Lipinski definition) is 4. The molecule has 1 aromatic carbocycles. The summed E-state index contributed by atoms with van der Waals surface area (Å²) in [5.74, 6) is 3.16. The van der Waals surface area contributed by atoms with Crippen LogP contribution in [-0.2, 0) is 6.54 Å². The van der Waals surface area contributed by atoms with E-state index in [0.717, 1.165) is 44.0 Å². The third-order valence-electron chi connectivity index (χ3n) is 5.97. The number of ether oxygens (including phenoxy) is 1. The van der Waals surface area contributed by atoms with Crippen molar-refractivity contribution in [2.75, 3.05) is 20.2 Å². The first kappa shape index (κ1) is 16.6. The molecule has 4 atom stereocenters. The van der Waals surface area contributed by atoms with Gasteiger partial charge in [-0.25, -0.2) is 4.98 Å². The quantitative estimate of drug-likeness (QED) is 0.929. The molecule has 2 aromatic rings. The highest BCUT2D eigenvalue weighted by Crippen LogP contribution is 2.42. The molecule has 1 N–H and O–H groups in total. The molecule has 1 saturated carbocycles. The topological polar surface area (TPSA) is 50.5 Å². The van der Waals surface area contributed by atoms with Gasteiger partial charge < -0.3 is 14.4 Å². The second-order valence-electron chi connectivity index (χ2n) is 7.55. The first-order chi connectivity index (χ1) is 12.1. The van der Waals surface area contributed by atoms with Crippen LogP contribution in [0.1, 0.15) is 30.3 Å². The Morgan fingerprint density at radius 3 is 2.52 bits per heavy atom. The van der Waals surface area contributed by atoms with E-state index in [1.165, 1.54) is 5.56 Å². The fourth-order valence-corrected chi connectivity index (χ4v) is 4.66. The number of methoxy groups -OCH3 is 1. The van der Waals surface area contributed by atoms with Crippen molar-refractivity contribution in [2.24, 2.45) is 11.8 Å². The van der Waals surface area contributed by atoms with Crippen molar-refractivity contribution < 1.29 is 9.84 Å². The molecule has 5 heteroatoms. The van der Waals surface area contributed by atoms with Crippen LogP contribution in [0, 0.1) is 18.8 Å². The third kappa shape index (κ3) is 3.31. The van der Waals surface area contributed by atoms with Crippen LogP contribution in [0.25, 0.3) is 0 Å². The molecule has 1 aromatic heterocycles. The van der Waals surface area contributed by atoms with Gasteiger partial charge in [-0.05, 0) is 49.3 Å². The van der Waals surface area contributed by atoms with Crippen LogP contribution in [0.15, 0.2) is 36.7 Å². The van der Waals surface area contributed by atoms with Crippen molar-refractivity contribution in [1.29, 1.82) is 0 Å². The predicted octanol–water partition coefficient (Wildman–Crippen LogP) is 2.64. The van der Waals surface area contributed by atoms with E-state index in [-0.39, 0.29) is 12.1 Å². The standard InChI is InChI=1S/C20H27N3O2/c1-14-21-7-8-23(14)19-9-16-12-22(13-17(16)10-20(19)24)11-15-3-5-18(25-2)6-4-15/h3-8,16-17,19-20,24H,9-13H2,1-2H3/t16-,17+,19-,20-/m0/s1. The number of aliphatic hydroxyl groups is 1. The number of imidazole rings is 1. The summed E-state index contributed by atoms with van der Waals surface area (Å²) in [6, 6.07) is 8.52. The summed E-state index contributed by atoms with van der Waals surface area (Å²) in [5.41, 5.74) is 1.32. The Labute approximate surface area is 149 Å². The highest BCUT2D eigenvalue weighted by atomic mass is 16.5. The lowest BCUT2D eigenvalue weighted by Crippen LogP contribution is -2.36. The lowest BCUT2D eigenvalue weighted by molar-refractivity contribution is 0.0349. The van der Waals surface area contributed by atoms with Crippen LogP contribution >= 0.6 is 0 Å². The Balaban J connectivity index is 1.41. The van der Waals surface area contributed by atoms with Gasteiger partial charge in [-0.3, -0.25) is 4.90 Å². The summed E-state index contributed by atoms with van der Waals surface area (Å²) in [7, 11) is 1.70. The van der Waals surface area contributed by atoms with Gasteiger partial charge in [-0.2, -0.15) is 0 Å². The normalized spacial score (nSPS) is 29.6. The largest absolute Gasteiger partial charge is 0.497 e. The maximum absolute atomic E-state index is 10.7. The molecule has 0 amide bonds. The Morgan fingerprint density at radius 1 is 1.16 bits per heavy atom. The molecule has 1 saturated heterocycles. The number of likely N-dealkylation sites (tertiary alicyclic amines) is 1. The molecule has 4 rings (SSSR count). The van der Waals surface area contributed by atoms with Crippen LogP contribution in [-0.4, -0.2) is 45.9 Å². The predicted molar refractivity (Wildman–Crippen MR) is 96.5 cm³/mol. The minimum absolute atomic E-state index is 0.171. The van der Waals surface area contributed by atoms with Crippen molar-refractivity contribution in [3.05, 3.63) is 48.0 Å². The van der Waals surface area contributed by atoms with Gasteiger partial charge in [0.2, 0.25) is 0 Å². The molecule has 0 unspecified atom stereocenters. The summed E-state index contributed by atoms with van der Waals surface area (Å²) >= 11 is 0. The average Bonchev–Trinajstić information content (AvgIpc) is 3.20. The zero-order valence-corrected chi connectivity index (χ0v) is 15.0. The van der Waals surface area contributed by atoms with Crippen LogP contribution in [0.5, 0.6) is 5.75 Å². The molecule has 5 nitrogen and oxygen atoms in total. The SMILES string of the molecule is COc1ccc(CN2C[C@H]3C[C@H](O)[C@@H](n4ccnc4C)C[C@H]3C2)cc1. The number of aromatic nitrogens is 2. The molecule has 1 aliphatic carbocycles. The van der Waals surface area contributed by atoms with Crippen molar-refractivity contribution in [2.45, 2.75) is 38.5 Å². The zero-order chi connectivity index (χ0) is 17.4. The summed E-state index contributed by atoms with van der Waals surface area (Å²) in [6.07, 6.45) is 5.51. The van der Waals surface area contributed by atoms with Gasteiger partial charge in [0, 0.05) is 32.0 Å². The molecule has 0 bridgehead atoms. The maximum Gasteiger partial charge on any atom is 0.118 e. The second-order valence-corrected chi connectivity index (χ2v) is 7.55. The Morgan fingerprint density at radius 2 is 1.88 bits per heavy atom. The number of hydrogen-bond donors (Lipinski definition) is 1. The number of nitrogens with zero attached hydrogens (tertiary/aromatic N) is 3. The van der Waals surface area contributed by atoms with Gasteiger partial charge in [-0.15, -0.1) is 0 Å². The summed E-state index contributed by atoms with van der Waals surface area (Å²) in [6.45, 7) is 5.20. The van der Waals surface area contributed by atoms with Gasteiger partial charge in [0.1, 0.15) is 11.6 Å². The number of fused-ring (bicyclic) bond motifs is 1. The fraction of sp³-hybridized carbons (Fsp3) is 0.550. The smallest absolute Gasteiger partial charge is 0.118 e. The minimum atomic E-state index is -0.268. The third-order valence-corrected chi connectivity index (χ3v) is 5.97. The lowest BCUT2D eigenvalue weighted by atomic mass is 9.77. The van der Waals surface area contributed by atoms with E-state index in [4.69, 9.17) is 4.74 Å². The van der Waals surface area contributed by atoms with E-state index in [0.29, 0.717) is 11.8 Å².